The molecular formula is C32H30FN3O4S2. The van der Waals surface area contributed by atoms with Gasteiger partial charge < -0.3 is 9.30 Å². The molecule has 2 aliphatic rings. The van der Waals surface area contributed by atoms with Gasteiger partial charge in [0.2, 0.25) is 10.0 Å². The van der Waals surface area contributed by atoms with Gasteiger partial charge in [-0.05, 0) is 86.4 Å². The Bertz CT molecular complexity index is 1840. The highest BCUT2D eigenvalue weighted by molar-refractivity contribution is 7.89. The van der Waals surface area contributed by atoms with Crippen molar-refractivity contribution >= 4 is 27.3 Å². The third kappa shape index (κ3) is 6.33. The molecule has 0 atom stereocenters. The molecular weight excluding hydrogens is 574 g/mol. The molecule has 2 saturated carbocycles. The first kappa shape index (κ1) is 28.3. The molecule has 2 aromatic carbocycles. The van der Waals surface area contributed by atoms with E-state index in [2.05, 4.69) is 33.5 Å². The number of aromatic nitrogens is 2. The van der Waals surface area contributed by atoms with E-state index in [1.54, 1.807) is 18.4 Å². The lowest BCUT2D eigenvalue weighted by Gasteiger charge is -2.16. The number of ether oxygens (including phenoxy) is 1. The summed E-state index contributed by atoms with van der Waals surface area (Å²) in [5, 5.41) is 7.61. The van der Waals surface area contributed by atoms with E-state index in [9.17, 15) is 17.6 Å². The Balaban J connectivity index is 1.48. The van der Waals surface area contributed by atoms with E-state index in [0.717, 1.165) is 60.2 Å². The highest BCUT2D eigenvalue weighted by Crippen LogP contribution is 2.41. The lowest BCUT2D eigenvalue weighted by molar-refractivity contribution is 0.0520. The maximum atomic E-state index is 14.9. The number of halogens is 1. The van der Waals surface area contributed by atoms with Crippen molar-refractivity contribution in [2.24, 2.45) is 17.0 Å². The zero-order valence-corrected chi connectivity index (χ0v) is 24.7. The third-order valence-electron chi connectivity index (χ3n) is 7.41. The molecule has 0 amide bonds. The van der Waals surface area contributed by atoms with Crippen LogP contribution in [0.25, 0.3) is 21.8 Å². The minimum atomic E-state index is -4.18. The number of hydrogen-bond donors (Lipinski definition) is 1. The molecule has 42 heavy (non-hydrogen) atoms. The predicted molar refractivity (Wildman–Crippen MR) is 160 cm³/mol. The van der Waals surface area contributed by atoms with E-state index in [4.69, 9.17) is 9.88 Å². The minimum absolute atomic E-state index is 0.264. The summed E-state index contributed by atoms with van der Waals surface area (Å²) in [5.41, 5.74) is 5.57. The van der Waals surface area contributed by atoms with Crippen LogP contribution in [-0.2, 0) is 27.7 Å². The fraction of sp³-hybridized carbons (Fsp3) is 0.312. The number of nitrogens with two attached hydrogens (primary N) is 1. The molecule has 2 heterocycles. The maximum Gasteiger partial charge on any atom is 0.357 e. The van der Waals surface area contributed by atoms with Gasteiger partial charge in [0.05, 0.1) is 6.61 Å². The van der Waals surface area contributed by atoms with Crippen LogP contribution in [0.3, 0.4) is 0 Å². The Labute approximate surface area is 248 Å². The molecule has 10 heteroatoms. The fourth-order valence-electron chi connectivity index (χ4n) is 4.93. The van der Waals surface area contributed by atoms with Crippen molar-refractivity contribution in [3.8, 4) is 33.7 Å². The summed E-state index contributed by atoms with van der Waals surface area (Å²) in [6.07, 6.45) is 5.33. The van der Waals surface area contributed by atoms with Crippen LogP contribution >= 0.6 is 11.3 Å². The number of nitrogens with zero attached hydrogens (tertiary/aromatic N) is 2. The highest BCUT2D eigenvalue weighted by atomic mass is 32.2. The summed E-state index contributed by atoms with van der Waals surface area (Å²) in [6, 6.07) is 14.2. The largest absolute Gasteiger partial charge is 0.461 e. The summed E-state index contributed by atoms with van der Waals surface area (Å²) in [6.45, 7) is 2.32. The van der Waals surface area contributed by atoms with Gasteiger partial charge in [-0.15, -0.1) is 11.3 Å². The second kappa shape index (κ2) is 11.5. The number of hydrogen-bond acceptors (Lipinski definition) is 6. The summed E-state index contributed by atoms with van der Waals surface area (Å²) >= 11 is 1.38. The van der Waals surface area contributed by atoms with Crippen LogP contribution in [0.2, 0.25) is 0 Å². The van der Waals surface area contributed by atoms with Crippen molar-refractivity contribution in [2.45, 2.75) is 50.5 Å². The molecule has 4 aromatic rings. The first-order valence-electron chi connectivity index (χ1n) is 14.0. The monoisotopic (exact) mass is 603 g/mol. The molecule has 2 fully saturated rings. The highest BCUT2D eigenvalue weighted by Gasteiger charge is 2.29. The average molecular weight is 604 g/mol. The van der Waals surface area contributed by atoms with E-state index >= 15 is 0 Å². The quantitative estimate of drug-likeness (QED) is 0.187. The van der Waals surface area contributed by atoms with Gasteiger partial charge in [-0.2, -0.15) is 0 Å². The van der Waals surface area contributed by atoms with Crippen LogP contribution in [0, 0.1) is 29.5 Å². The van der Waals surface area contributed by atoms with Gasteiger partial charge in [-0.25, -0.2) is 27.7 Å². The van der Waals surface area contributed by atoms with E-state index in [1.807, 2.05) is 18.2 Å². The first-order valence-corrected chi connectivity index (χ1v) is 16.4. The topological polar surface area (TPSA) is 104 Å². The zero-order valence-electron chi connectivity index (χ0n) is 23.1. The number of carbonyl (C=O) groups excluding carboxylic acids is 1. The Morgan fingerprint density at radius 1 is 1.17 bits per heavy atom. The smallest absolute Gasteiger partial charge is 0.357 e. The lowest BCUT2D eigenvalue weighted by atomic mass is 10.1. The Morgan fingerprint density at radius 3 is 2.67 bits per heavy atom. The predicted octanol–water partition coefficient (Wildman–Crippen LogP) is 6.00. The van der Waals surface area contributed by atoms with Crippen LogP contribution in [0.1, 0.15) is 59.9 Å². The Hall–Kier alpha value is -3.78. The van der Waals surface area contributed by atoms with Crippen LogP contribution < -0.4 is 5.14 Å². The molecule has 7 nitrogen and oxygen atoms in total. The van der Waals surface area contributed by atoms with Gasteiger partial charge in [-0.1, -0.05) is 30.0 Å². The molecule has 0 bridgehead atoms. The molecule has 0 radical (unpaired) electrons. The third-order valence-corrected chi connectivity index (χ3v) is 9.23. The van der Waals surface area contributed by atoms with Gasteiger partial charge in [0, 0.05) is 40.4 Å². The van der Waals surface area contributed by atoms with Gasteiger partial charge in [-0.3, -0.25) is 0 Å². The maximum absolute atomic E-state index is 14.9. The van der Waals surface area contributed by atoms with Crippen LogP contribution in [-0.4, -0.2) is 30.5 Å². The van der Waals surface area contributed by atoms with Gasteiger partial charge in [0.25, 0.3) is 0 Å². The van der Waals surface area contributed by atoms with E-state index in [-0.39, 0.29) is 12.3 Å². The average Bonchev–Trinajstić information content (AvgIpc) is 3.87. The number of rotatable bonds is 9. The lowest BCUT2D eigenvalue weighted by Crippen LogP contribution is -2.14. The van der Waals surface area contributed by atoms with Crippen molar-refractivity contribution < 1.29 is 22.3 Å². The van der Waals surface area contributed by atoms with Crippen LogP contribution in [0.4, 0.5) is 4.39 Å². The summed E-state index contributed by atoms with van der Waals surface area (Å²) < 4.78 is 45.8. The second-order valence-electron chi connectivity index (χ2n) is 10.8. The van der Waals surface area contributed by atoms with Crippen molar-refractivity contribution in [1.29, 1.82) is 0 Å². The van der Waals surface area contributed by atoms with Crippen LogP contribution in [0.5, 0.6) is 0 Å². The van der Waals surface area contributed by atoms with Gasteiger partial charge in [0.15, 0.2) is 5.69 Å². The van der Waals surface area contributed by atoms with E-state index in [0.29, 0.717) is 29.0 Å². The zero-order chi connectivity index (χ0) is 29.4. The Morgan fingerprint density at radius 2 is 1.98 bits per heavy atom. The van der Waals surface area contributed by atoms with E-state index < -0.39 is 26.7 Å². The van der Waals surface area contributed by atoms with Gasteiger partial charge in [0.1, 0.15) is 15.7 Å². The molecule has 0 spiro atoms. The van der Waals surface area contributed by atoms with Crippen molar-refractivity contribution in [3.63, 3.8) is 0 Å². The first-order chi connectivity index (χ1) is 20.2. The molecule has 2 aliphatic carbocycles. The molecule has 2 N–H and O–H groups in total. The summed E-state index contributed by atoms with van der Waals surface area (Å²) in [7, 11) is -4.18. The number of benzene rings is 2. The molecule has 0 unspecified atom stereocenters. The number of carbonyl (C=O) groups is 1. The van der Waals surface area contributed by atoms with E-state index in [1.165, 1.54) is 23.5 Å². The second-order valence-corrected chi connectivity index (χ2v) is 13.2. The standard InChI is InChI=1S/C32H30FN3O4S2/c1-2-40-32(37)27-19-41-31(35-27)25-17-28(24-5-3-4-21(14-24)9-8-20-6-7-20)36(29(25)16-22-10-11-22)18-23-12-13-30(26(33)15-23)42(34,38)39/h3-5,12-15,17,19-20,22H,2,6-7,10-11,16,18H2,1H3,(H2,34,38,39). The van der Waals surface area contributed by atoms with Gasteiger partial charge >= 0.3 is 5.97 Å². The Kier molecular flexibility index (Phi) is 7.75. The normalized spacial score (nSPS) is 14.8. The minimum Gasteiger partial charge on any atom is -0.461 e. The number of sulfonamides is 1. The summed E-state index contributed by atoms with van der Waals surface area (Å²) in [5.74, 6) is 6.27. The summed E-state index contributed by atoms with van der Waals surface area (Å²) in [4.78, 5) is 16.5. The molecule has 216 valence electrons. The molecule has 6 rings (SSSR count). The van der Waals surface area contributed by atoms with Crippen molar-refractivity contribution in [2.75, 3.05) is 6.61 Å². The molecule has 0 aliphatic heterocycles. The number of thiazole rings is 1. The molecule has 0 saturated heterocycles. The molecule has 2 aromatic heterocycles. The number of primary sulfonamides is 1. The van der Waals surface area contributed by atoms with Crippen molar-refractivity contribution in [3.05, 3.63) is 82.2 Å². The van der Waals surface area contributed by atoms with Crippen molar-refractivity contribution in [1.82, 2.24) is 9.55 Å². The van der Waals surface area contributed by atoms with Crippen LogP contribution in [0.15, 0.2) is 58.8 Å². The fourth-order valence-corrected chi connectivity index (χ4v) is 6.35. The SMILES string of the molecule is CCOC(=O)c1csc(-c2cc(-c3cccc(C#CC4CC4)c3)n(Cc3ccc(S(N)(=O)=O)c(F)c3)c2CC2CC2)n1. The number of esters is 1.